The van der Waals surface area contributed by atoms with Gasteiger partial charge in [-0.05, 0) is 24.0 Å². The van der Waals surface area contributed by atoms with E-state index >= 15 is 0 Å². The van der Waals surface area contributed by atoms with Crippen LogP contribution >= 0.6 is 0 Å². The van der Waals surface area contributed by atoms with Gasteiger partial charge in [0.15, 0.2) is 0 Å². The number of fused-ring (bicyclic) bond motifs is 2. The van der Waals surface area contributed by atoms with Crippen LogP contribution in [0.1, 0.15) is 23.4 Å². The van der Waals surface area contributed by atoms with Crippen molar-refractivity contribution in [2.24, 2.45) is 11.8 Å². The maximum atomic E-state index is 12.5. The number of carbonyl (C=O) groups excluding carboxylic acids is 2. The Balaban J connectivity index is 1.53. The van der Waals surface area contributed by atoms with Gasteiger partial charge in [0.2, 0.25) is 11.7 Å². The highest BCUT2D eigenvalue weighted by Gasteiger charge is 2.39. The Hall–Kier alpha value is -2.70. The first-order chi connectivity index (χ1) is 11.6. The molecule has 24 heavy (non-hydrogen) atoms. The van der Waals surface area contributed by atoms with Gasteiger partial charge in [-0.3, -0.25) is 9.59 Å². The fourth-order valence-electron chi connectivity index (χ4n) is 3.66. The van der Waals surface area contributed by atoms with Crippen molar-refractivity contribution in [3.8, 4) is 0 Å². The average molecular weight is 325 g/mol. The molecule has 1 aromatic heterocycles. The summed E-state index contributed by atoms with van der Waals surface area (Å²) < 4.78 is 1.91. The van der Waals surface area contributed by atoms with Crippen molar-refractivity contribution in [1.29, 1.82) is 0 Å². The maximum absolute atomic E-state index is 12.5. The SMILES string of the molecule is CC(=O)N1CC2Cc3nnc(C(=O)Nc4ccccc4)n3CC2C1. The van der Waals surface area contributed by atoms with Gasteiger partial charge in [0.05, 0.1) is 0 Å². The molecule has 0 saturated carbocycles. The summed E-state index contributed by atoms with van der Waals surface area (Å²) in [5.74, 6) is 1.81. The Labute approximate surface area is 139 Å². The van der Waals surface area contributed by atoms with Crippen LogP contribution in [-0.4, -0.2) is 44.6 Å². The number of nitrogens with one attached hydrogen (secondary N) is 1. The van der Waals surface area contributed by atoms with Crippen LogP contribution in [-0.2, 0) is 17.8 Å². The first-order valence-electron chi connectivity index (χ1n) is 8.16. The molecule has 3 heterocycles. The van der Waals surface area contributed by atoms with Crippen molar-refractivity contribution in [3.63, 3.8) is 0 Å². The third kappa shape index (κ3) is 2.55. The molecule has 1 aromatic carbocycles. The van der Waals surface area contributed by atoms with Gasteiger partial charge < -0.3 is 14.8 Å². The van der Waals surface area contributed by atoms with Gasteiger partial charge in [-0.2, -0.15) is 0 Å². The lowest BCUT2D eigenvalue weighted by atomic mass is 9.89. The van der Waals surface area contributed by atoms with Crippen LogP contribution < -0.4 is 5.32 Å². The molecule has 0 spiro atoms. The van der Waals surface area contributed by atoms with Crippen LogP contribution in [0.5, 0.6) is 0 Å². The number of nitrogens with zero attached hydrogens (tertiary/aromatic N) is 4. The number of para-hydroxylation sites is 1. The Bertz CT molecular complexity index is 786. The van der Waals surface area contributed by atoms with Crippen molar-refractivity contribution in [2.45, 2.75) is 19.9 Å². The van der Waals surface area contributed by atoms with E-state index < -0.39 is 0 Å². The van der Waals surface area contributed by atoms with E-state index in [4.69, 9.17) is 0 Å². The summed E-state index contributed by atoms with van der Waals surface area (Å²) in [4.78, 5) is 26.0. The second kappa shape index (κ2) is 5.74. The molecule has 4 rings (SSSR count). The molecule has 7 heteroatoms. The van der Waals surface area contributed by atoms with Crippen LogP contribution in [0.4, 0.5) is 5.69 Å². The number of anilines is 1. The highest BCUT2D eigenvalue weighted by atomic mass is 16.2. The van der Waals surface area contributed by atoms with E-state index in [2.05, 4.69) is 15.5 Å². The molecule has 0 bridgehead atoms. The molecule has 2 aliphatic heterocycles. The first kappa shape index (κ1) is 14.9. The normalized spacial score (nSPS) is 22.0. The van der Waals surface area contributed by atoms with Crippen molar-refractivity contribution in [2.75, 3.05) is 18.4 Å². The molecule has 1 N–H and O–H groups in total. The topological polar surface area (TPSA) is 80.1 Å². The van der Waals surface area contributed by atoms with Gasteiger partial charge in [0.25, 0.3) is 5.91 Å². The number of benzene rings is 1. The lowest BCUT2D eigenvalue weighted by Gasteiger charge is -2.25. The molecule has 124 valence electrons. The summed E-state index contributed by atoms with van der Waals surface area (Å²) in [5, 5.41) is 11.1. The Morgan fingerprint density at radius 3 is 2.58 bits per heavy atom. The third-order valence-electron chi connectivity index (χ3n) is 4.95. The molecule has 2 amide bonds. The predicted molar refractivity (Wildman–Crippen MR) is 87.4 cm³/mol. The zero-order valence-electron chi connectivity index (χ0n) is 13.5. The van der Waals surface area contributed by atoms with E-state index in [9.17, 15) is 9.59 Å². The van der Waals surface area contributed by atoms with Gasteiger partial charge in [-0.15, -0.1) is 10.2 Å². The number of hydrogen-bond acceptors (Lipinski definition) is 4. The van der Waals surface area contributed by atoms with Crippen LogP contribution in [0.15, 0.2) is 30.3 Å². The summed E-state index contributed by atoms with van der Waals surface area (Å²) in [7, 11) is 0. The highest BCUT2D eigenvalue weighted by molar-refractivity contribution is 6.01. The molecular formula is C17H19N5O2. The van der Waals surface area contributed by atoms with Crippen molar-refractivity contribution >= 4 is 17.5 Å². The lowest BCUT2D eigenvalue weighted by Crippen LogP contribution is -2.31. The van der Waals surface area contributed by atoms with Gasteiger partial charge >= 0.3 is 0 Å². The Kier molecular flexibility index (Phi) is 3.55. The molecule has 2 aliphatic rings. The smallest absolute Gasteiger partial charge is 0.293 e. The van der Waals surface area contributed by atoms with E-state index in [1.807, 2.05) is 39.8 Å². The maximum Gasteiger partial charge on any atom is 0.293 e. The molecule has 2 unspecified atom stereocenters. The number of carbonyl (C=O) groups is 2. The molecule has 2 atom stereocenters. The van der Waals surface area contributed by atoms with Crippen molar-refractivity contribution in [1.82, 2.24) is 19.7 Å². The molecule has 0 radical (unpaired) electrons. The Morgan fingerprint density at radius 1 is 1.08 bits per heavy atom. The second-order valence-corrected chi connectivity index (χ2v) is 6.52. The minimum absolute atomic E-state index is 0.113. The third-order valence-corrected chi connectivity index (χ3v) is 4.95. The van der Waals surface area contributed by atoms with Gasteiger partial charge in [0.1, 0.15) is 5.82 Å². The minimum atomic E-state index is -0.250. The van der Waals surface area contributed by atoms with E-state index in [1.54, 1.807) is 6.92 Å². The zero-order chi connectivity index (χ0) is 16.7. The summed E-state index contributed by atoms with van der Waals surface area (Å²) >= 11 is 0. The Morgan fingerprint density at radius 2 is 1.83 bits per heavy atom. The van der Waals surface area contributed by atoms with Crippen LogP contribution in [0.25, 0.3) is 0 Å². The molecule has 1 fully saturated rings. The van der Waals surface area contributed by atoms with Crippen LogP contribution in [0.3, 0.4) is 0 Å². The number of rotatable bonds is 2. The summed E-state index contributed by atoms with van der Waals surface area (Å²) in [6.07, 6.45) is 0.764. The summed E-state index contributed by atoms with van der Waals surface area (Å²) in [5.41, 5.74) is 0.733. The molecular weight excluding hydrogens is 306 g/mol. The number of likely N-dealkylation sites (tertiary alicyclic amines) is 1. The number of hydrogen-bond donors (Lipinski definition) is 1. The number of aromatic nitrogens is 3. The zero-order valence-corrected chi connectivity index (χ0v) is 13.5. The molecule has 7 nitrogen and oxygen atoms in total. The second-order valence-electron chi connectivity index (χ2n) is 6.52. The van der Waals surface area contributed by atoms with E-state index in [-0.39, 0.29) is 11.8 Å². The van der Waals surface area contributed by atoms with E-state index in [0.29, 0.717) is 24.2 Å². The fraction of sp³-hybridized carbons (Fsp3) is 0.412. The van der Waals surface area contributed by atoms with E-state index in [0.717, 1.165) is 31.0 Å². The van der Waals surface area contributed by atoms with Crippen LogP contribution in [0, 0.1) is 11.8 Å². The van der Waals surface area contributed by atoms with Crippen LogP contribution in [0.2, 0.25) is 0 Å². The first-order valence-corrected chi connectivity index (χ1v) is 8.16. The standard InChI is InChI=1S/C17H19N5O2/c1-11(23)21-8-12-7-15-19-20-16(22(15)10-13(12)9-21)17(24)18-14-5-3-2-4-6-14/h2-6,12-13H,7-10H2,1H3,(H,18,24). The molecule has 2 aromatic rings. The highest BCUT2D eigenvalue weighted by Crippen LogP contribution is 2.32. The van der Waals surface area contributed by atoms with Crippen molar-refractivity contribution in [3.05, 3.63) is 42.0 Å². The number of amides is 2. The summed E-state index contributed by atoms with van der Waals surface area (Å²) in [6.45, 7) is 3.82. The average Bonchev–Trinajstić information content (AvgIpc) is 3.16. The predicted octanol–water partition coefficient (Wildman–Crippen LogP) is 1.18. The van der Waals surface area contributed by atoms with Crippen molar-refractivity contribution < 1.29 is 9.59 Å². The van der Waals surface area contributed by atoms with E-state index in [1.165, 1.54) is 0 Å². The minimum Gasteiger partial charge on any atom is -0.342 e. The van der Waals surface area contributed by atoms with Gasteiger partial charge in [0, 0.05) is 38.7 Å². The fourth-order valence-corrected chi connectivity index (χ4v) is 3.66. The lowest BCUT2D eigenvalue weighted by molar-refractivity contribution is -0.128. The largest absolute Gasteiger partial charge is 0.342 e. The monoisotopic (exact) mass is 325 g/mol. The quantitative estimate of drug-likeness (QED) is 0.899. The molecule has 0 aliphatic carbocycles. The summed E-state index contributed by atoms with van der Waals surface area (Å²) in [6, 6.07) is 9.31. The molecule has 1 saturated heterocycles. The van der Waals surface area contributed by atoms with Gasteiger partial charge in [-0.1, -0.05) is 18.2 Å². The van der Waals surface area contributed by atoms with Gasteiger partial charge in [-0.25, -0.2) is 0 Å².